The van der Waals surface area contributed by atoms with Crippen LogP contribution >= 0.6 is 22.9 Å². The summed E-state index contributed by atoms with van der Waals surface area (Å²) in [6.45, 7) is 1.79. The fourth-order valence-electron chi connectivity index (χ4n) is 2.95. The number of hydrogen-bond donors (Lipinski definition) is 1. The molecular weight excluding hydrogens is 395 g/mol. The number of fused-ring (bicyclic) bond motifs is 3. The summed E-state index contributed by atoms with van der Waals surface area (Å²) in [4.78, 5) is 4.35. The molecule has 4 rings (SSSR count). The van der Waals surface area contributed by atoms with E-state index in [2.05, 4.69) is 4.98 Å². The molecule has 0 bridgehead atoms. The number of nitrogens with two attached hydrogens (primary N) is 1. The summed E-state index contributed by atoms with van der Waals surface area (Å²) < 4.78 is 41.0. The maximum Gasteiger partial charge on any atom is 0.210 e. The topological polar surface area (TPSA) is 73.0 Å². The number of sulfone groups is 1. The highest BCUT2D eigenvalue weighted by Gasteiger charge is 2.28. The molecule has 0 radical (unpaired) electrons. The number of thiazole rings is 1. The molecular formula is C18H12ClFN2O2S2. The van der Waals surface area contributed by atoms with E-state index in [1.54, 1.807) is 13.0 Å². The minimum atomic E-state index is -3.97. The average Bonchev–Trinajstić information content (AvgIpc) is 2.96. The van der Waals surface area contributed by atoms with Crippen molar-refractivity contribution in [3.8, 4) is 0 Å². The molecule has 0 unspecified atom stereocenters. The zero-order chi connectivity index (χ0) is 18.6. The Kier molecular flexibility index (Phi) is 3.91. The van der Waals surface area contributed by atoms with Crippen LogP contribution in [0.15, 0.2) is 52.3 Å². The van der Waals surface area contributed by atoms with Crippen LogP contribution in [-0.4, -0.2) is 13.4 Å². The van der Waals surface area contributed by atoms with Crippen LogP contribution < -0.4 is 5.73 Å². The molecule has 4 nitrogen and oxygen atoms in total. The Bertz CT molecular complexity index is 1280. The van der Waals surface area contributed by atoms with E-state index in [-0.39, 0.29) is 15.5 Å². The Hall–Kier alpha value is -2.22. The number of nitrogen functional groups attached to an aromatic ring is 1. The first-order valence-corrected chi connectivity index (χ1v) is 10.3. The second-order valence-corrected chi connectivity index (χ2v) is 9.33. The van der Waals surface area contributed by atoms with Crippen LogP contribution in [0.3, 0.4) is 0 Å². The zero-order valence-electron chi connectivity index (χ0n) is 13.5. The molecule has 0 aliphatic carbocycles. The van der Waals surface area contributed by atoms with Crippen LogP contribution in [0.5, 0.6) is 0 Å². The predicted octanol–water partition coefficient (Wildman–Crippen LogP) is 4.97. The standard InChI is InChI=1S/C18H12ClFN2O2S2/c1-9-22-16-17(25-9)13-7-4-11(20)8-14(13)15(21)18(16)26(23,24)12-5-2-10(19)3-6-12/h2-8H,21H2,1H3. The second-order valence-electron chi connectivity index (χ2n) is 5.80. The van der Waals surface area contributed by atoms with Crippen LogP contribution in [0.2, 0.25) is 5.02 Å². The molecule has 8 heteroatoms. The van der Waals surface area contributed by atoms with E-state index in [0.717, 1.165) is 0 Å². The Labute approximate surface area is 158 Å². The van der Waals surface area contributed by atoms with Crippen molar-refractivity contribution >= 4 is 59.5 Å². The largest absolute Gasteiger partial charge is 0.397 e. The Morgan fingerprint density at radius 3 is 2.50 bits per heavy atom. The number of anilines is 1. The number of aryl methyl sites for hydroxylation is 1. The van der Waals surface area contributed by atoms with Crippen molar-refractivity contribution in [1.82, 2.24) is 4.98 Å². The summed E-state index contributed by atoms with van der Waals surface area (Å²) in [6.07, 6.45) is 0. The number of aromatic nitrogens is 1. The summed E-state index contributed by atoms with van der Waals surface area (Å²) in [7, 11) is -3.97. The lowest BCUT2D eigenvalue weighted by Gasteiger charge is -2.12. The molecule has 26 heavy (non-hydrogen) atoms. The maximum absolute atomic E-state index is 13.8. The Morgan fingerprint density at radius 2 is 1.81 bits per heavy atom. The molecule has 0 spiro atoms. The lowest BCUT2D eigenvalue weighted by molar-refractivity contribution is 0.597. The molecule has 0 saturated heterocycles. The summed E-state index contributed by atoms with van der Waals surface area (Å²) in [5.41, 5.74) is 6.51. The first-order chi connectivity index (χ1) is 12.3. The van der Waals surface area contributed by atoms with Gasteiger partial charge < -0.3 is 5.73 Å². The van der Waals surface area contributed by atoms with Crippen molar-refractivity contribution in [2.24, 2.45) is 0 Å². The van der Waals surface area contributed by atoms with Gasteiger partial charge in [-0.25, -0.2) is 17.8 Å². The van der Waals surface area contributed by atoms with Crippen molar-refractivity contribution in [1.29, 1.82) is 0 Å². The van der Waals surface area contributed by atoms with Gasteiger partial charge in [0.2, 0.25) is 9.84 Å². The lowest BCUT2D eigenvalue weighted by atomic mass is 10.1. The third-order valence-electron chi connectivity index (χ3n) is 4.10. The Morgan fingerprint density at radius 1 is 1.12 bits per heavy atom. The minimum absolute atomic E-state index is 0.00718. The SMILES string of the molecule is Cc1nc2c(S(=O)(=O)c3ccc(Cl)cc3)c(N)c3cc(F)ccc3c2s1. The van der Waals surface area contributed by atoms with Gasteiger partial charge in [0.15, 0.2) is 0 Å². The van der Waals surface area contributed by atoms with Crippen LogP contribution in [0, 0.1) is 12.7 Å². The van der Waals surface area contributed by atoms with Crippen molar-refractivity contribution in [3.63, 3.8) is 0 Å². The number of halogens is 2. The second kappa shape index (κ2) is 5.90. The summed E-state index contributed by atoms with van der Waals surface area (Å²) in [5, 5.41) is 2.16. The first-order valence-electron chi connectivity index (χ1n) is 7.57. The molecule has 0 atom stereocenters. The number of nitrogens with zero attached hydrogens (tertiary/aromatic N) is 1. The quantitative estimate of drug-likeness (QED) is 0.477. The molecule has 0 amide bonds. The highest BCUT2D eigenvalue weighted by atomic mass is 35.5. The normalized spacial score (nSPS) is 12.1. The fourth-order valence-corrected chi connectivity index (χ4v) is 5.64. The van der Waals surface area contributed by atoms with E-state index in [1.807, 2.05) is 0 Å². The van der Waals surface area contributed by atoms with E-state index in [4.69, 9.17) is 17.3 Å². The molecule has 0 fully saturated rings. The van der Waals surface area contributed by atoms with Gasteiger partial charge in [0.25, 0.3) is 0 Å². The third-order valence-corrected chi connectivity index (χ3v) is 7.20. The van der Waals surface area contributed by atoms with Gasteiger partial charge in [-0.1, -0.05) is 11.6 Å². The van der Waals surface area contributed by atoms with Gasteiger partial charge >= 0.3 is 0 Å². The van der Waals surface area contributed by atoms with E-state index >= 15 is 0 Å². The first kappa shape index (κ1) is 17.2. The molecule has 4 aromatic rings. The lowest BCUT2D eigenvalue weighted by Crippen LogP contribution is -2.07. The maximum atomic E-state index is 13.8. The highest BCUT2D eigenvalue weighted by Crippen LogP contribution is 2.42. The summed E-state index contributed by atoms with van der Waals surface area (Å²) in [5.74, 6) is -0.486. The molecule has 0 aliphatic heterocycles. The fraction of sp³-hybridized carbons (Fsp3) is 0.0556. The van der Waals surface area contributed by atoms with Crippen LogP contribution in [0.25, 0.3) is 21.0 Å². The average molecular weight is 407 g/mol. The monoisotopic (exact) mass is 406 g/mol. The van der Waals surface area contributed by atoms with Gasteiger partial charge in [-0.05, 0) is 49.4 Å². The molecule has 1 aromatic heterocycles. The molecule has 1 heterocycles. The van der Waals surface area contributed by atoms with Gasteiger partial charge in [-0.2, -0.15) is 0 Å². The molecule has 2 N–H and O–H groups in total. The zero-order valence-corrected chi connectivity index (χ0v) is 15.8. The van der Waals surface area contributed by atoms with Gasteiger partial charge in [-0.15, -0.1) is 11.3 Å². The Balaban J connectivity index is 2.17. The third kappa shape index (κ3) is 2.55. The number of hydrogen-bond acceptors (Lipinski definition) is 5. The van der Waals surface area contributed by atoms with Gasteiger partial charge in [0, 0.05) is 15.8 Å². The van der Waals surface area contributed by atoms with Gasteiger partial charge in [0.1, 0.15) is 16.2 Å². The summed E-state index contributed by atoms with van der Waals surface area (Å²) in [6, 6.07) is 9.99. The van der Waals surface area contributed by atoms with Gasteiger partial charge in [0.05, 0.1) is 20.3 Å². The number of rotatable bonds is 2. The number of benzene rings is 3. The molecule has 3 aromatic carbocycles. The van der Waals surface area contributed by atoms with E-state index < -0.39 is 15.7 Å². The van der Waals surface area contributed by atoms with E-state index in [1.165, 1.54) is 47.7 Å². The molecule has 0 aliphatic rings. The van der Waals surface area contributed by atoms with Crippen LogP contribution in [0.1, 0.15) is 5.01 Å². The van der Waals surface area contributed by atoms with E-state index in [9.17, 15) is 12.8 Å². The van der Waals surface area contributed by atoms with Crippen molar-refractivity contribution in [2.45, 2.75) is 16.7 Å². The molecule has 132 valence electrons. The van der Waals surface area contributed by atoms with Gasteiger partial charge in [-0.3, -0.25) is 0 Å². The van der Waals surface area contributed by atoms with Crippen molar-refractivity contribution in [2.75, 3.05) is 5.73 Å². The van der Waals surface area contributed by atoms with Crippen molar-refractivity contribution < 1.29 is 12.8 Å². The van der Waals surface area contributed by atoms with Crippen LogP contribution in [-0.2, 0) is 9.84 Å². The van der Waals surface area contributed by atoms with Crippen molar-refractivity contribution in [3.05, 3.63) is 58.3 Å². The summed E-state index contributed by atoms with van der Waals surface area (Å²) >= 11 is 7.21. The van der Waals surface area contributed by atoms with E-state index in [0.29, 0.717) is 31.0 Å². The predicted molar refractivity (Wildman–Crippen MR) is 103 cm³/mol. The van der Waals surface area contributed by atoms with Crippen LogP contribution in [0.4, 0.5) is 10.1 Å². The highest BCUT2D eigenvalue weighted by molar-refractivity contribution is 7.92. The molecule has 0 saturated carbocycles. The smallest absolute Gasteiger partial charge is 0.210 e. The minimum Gasteiger partial charge on any atom is -0.397 e.